The van der Waals surface area contributed by atoms with Crippen LogP contribution >= 0.6 is 0 Å². The normalized spacial score (nSPS) is 12.3. The third-order valence-electron chi connectivity index (χ3n) is 1.81. The van der Waals surface area contributed by atoms with Gasteiger partial charge < -0.3 is 10.0 Å². The van der Waals surface area contributed by atoms with Crippen molar-refractivity contribution in [3.05, 3.63) is 11.8 Å². The predicted octanol–water partition coefficient (Wildman–Crippen LogP) is 0.163. The van der Waals surface area contributed by atoms with Crippen LogP contribution in [0.25, 0.3) is 0 Å². The lowest BCUT2D eigenvalue weighted by atomic mass is 9.85. The monoisotopic (exact) mass is 222 g/mol. The molecule has 8 heteroatoms. The summed E-state index contributed by atoms with van der Waals surface area (Å²) >= 11 is 0. The summed E-state index contributed by atoms with van der Waals surface area (Å²) in [4.78, 5) is 0. The van der Waals surface area contributed by atoms with Gasteiger partial charge >= 0.3 is 13.3 Å². The molecule has 4 nitrogen and oxygen atoms in total. The molecule has 0 saturated carbocycles. The van der Waals surface area contributed by atoms with E-state index in [0.29, 0.717) is 6.07 Å². The highest BCUT2D eigenvalue weighted by atomic mass is 19.4. The van der Waals surface area contributed by atoms with Crippen molar-refractivity contribution in [2.75, 3.05) is 0 Å². The minimum atomic E-state index is -4.58. The first-order valence-electron chi connectivity index (χ1n) is 4.26. The zero-order chi connectivity index (χ0) is 11.8. The highest BCUT2D eigenvalue weighted by Gasteiger charge is 2.36. The fourth-order valence-electron chi connectivity index (χ4n) is 1.15. The molecule has 1 rings (SSSR count). The molecule has 0 radical (unpaired) electrons. The van der Waals surface area contributed by atoms with Gasteiger partial charge in [-0.1, -0.05) is 0 Å². The lowest BCUT2D eigenvalue weighted by Crippen LogP contribution is -2.37. The van der Waals surface area contributed by atoms with E-state index in [9.17, 15) is 13.2 Å². The minimum absolute atomic E-state index is 0.266. The van der Waals surface area contributed by atoms with Gasteiger partial charge in [0.2, 0.25) is 0 Å². The van der Waals surface area contributed by atoms with E-state index in [0.717, 1.165) is 4.68 Å². The van der Waals surface area contributed by atoms with Gasteiger partial charge in [0.05, 0.1) is 5.59 Å². The molecule has 0 aliphatic carbocycles. The highest BCUT2D eigenvalue weighted by Crippen LogP contribution is 2.27. The Kier molecular flexibility index (Phi) is 3.10. The standard InChI is InChI=1S/C7H10BF3N2O2/c1-4(2)13-6(8(14)15)3-5(12-13)7(9,10)11/h3-4,14-15H,1-2H3. The molecule has 0 aliphatic rings. The van der Waals surface area contributed by atoms with E-state index in [2.05, 4.69) is 5.10 Å². The van der Waals surface area contributed by atoms with Crippen LogP contribution in [0.4, 0.5) is 13.2 Å². The van der Waals surface area contributed by atoms with Crippen LogP contribution in [-0.2, 0) is 6.18 Å². The van der Waals surface area contributed by atoms with E-state index < -0.39 is 19.0 Å². The van der Waals surface area contributed by atoms with Crippen molar-refractivity contribution in [1.82, 2.24) is 9.78 Å². The molecule has 1 heterocycles. The first-order chi connectivity index (χ1) is 6.73. The highest BCUT2D eigenvalue weighted by molar-refractivity contribution is 6.57. The van der Waals surface area contributed by atoms with Crippen molar-refractivity contribution < 1.29 is 23.2 Å². The molecule has 1 aromatic rings. The molecule has 0 unspecified atom stereocenters. The lowest BCUT2D eigenvalue weighted by Gasteiger charge is -2.09. The maximum atomic E-state index is 12.3. The number of hydrogen-bond acceptors (Lipinski definition) is 3. The zero-order valence-corrected chi connectivity index (χ0v) is 8.15. The molecule has 0 atom stereocenters. The van der Waals surface area contributed by atoms with Gasteiger partial charge in [-0.25, -0.2) is 0 Å². The van der Waals surface area contributed by atoms with E-state index in [1.54, 1.807) is 13.8 Å². The summed E-state index contributed by atoms with van der Waals surface area (Å²) in [6, 6.07) is 0.253. The number of halogens is 3. The number of nitrogens with zero attached hydrogens (tertiary/aromatic N) is 2. The third-order valence-corrected chi connectivity index (χ3v) is 1.81. The molecule has 0 bridgehead atoms. The van der Waals surface area contributed by atoms with Gasteiger partial charge in [-0.15, -0.1) is 0 Å². The molecular weight excluding hydrogens is 212 g/mol. The predicted molar refractivity (Wildman–Crippen MR) is 47.4 cm³/mol. The Morgan fingerprint density at radius 2 is 1.93 bits per heavy atom. The largest absolute Gasteiger partial charge is 0.507 e. The Morgan fingerprint density at radius 3 is 2.20 bits per heavy atom. The second-order valence-electron chi connectivity index (χ2n) is 3.36. The van der Waals surface area contributed by atoms with Gasteiger partial charge in [0.1, 0.15) is 0 Å². The molecule has 0 saturated heterocycles. The summed E-state index contributed by atoms with van der Waals surface area (Å²) in [6.45, 7) is 3.19. The van der Waals surface area contributed by atoms with Crippen molar-refractivity contribution in [2.45, 2.75) is 26.1 Å². The Bertz CT molecular complexity index is 323. The SMILES string of the molecule is CC(C)n1nc(C(F)(F)F)cc1B(O)O. The Balaban J connectivity index is 3.21. The van der Waals surface area contributed by atoms with Crippen LogP contribution in [0.15, 0.2) is 6.07 Å². The van der Waals surface area contributed by atoms with Gasteiger partial charge in [-0.2, -0.15) is 18.3 Å². The van der Waals surface area contributed by atoms with Crippen LogP contribution in [0.5, 0.6) is 0 Å². The Labute approximate surface area is 84.5 Å². The maximum Gasteiger partial charge on any atom is 0.507 e. The van der Waals surface area contributed by atoms with Crippen LogP contribution in [0.1, 0.15) is 25.6 Å². The molecule has 0 spiro atoms. The van der Waals surface area contributed by atoms with Crippen molar-refractivity contribution >= 4 is 12.7 Å². The number of aromatic nitrogens is 2. The second-order valence-corrected chi connectivity index (χ2v) is 3.36. The average molecular weight is 222 g/mol. The fraction of sp³-hybridized carbons (Fsp3) is 0.571. The molecule has 84 valence electrons. The topological polar surface area (TPSA) is 58.3 Å². The summed E-state index contributed by atoms with van der Waals surface area (Å²) in [6.07, 6.45) is -4.58. The first-order valence-corrected chi connectivity index (χ1v) is 4.26. The molecular formula is C7H10BF3N2O2. The van der Waals surface area contributed by atoms with Crippen molar-refractivity contribution in [3.63, 3.8) is 0 Å². The van der Waals surface area contributed by atoms with Gasteiger partial charge in [0.15, 0.2) is 5.69 Å². The van der Waals surface area contributed by atoms with Crippen LogP contribution in [-0.4, -0.2) is 26.9 Å². The van der Waals surface area contributed by atoms with Crippen LogP contribution in [0.3, 0.4) is 0 Å². The van der Waals surface area contributed by atoms with Crippen molar-refractivity contribution in [2.24, 2.45) is 0 Å². The molecule has 2 N–H and O–H groups in total. The van der Waals surface area contributed by atoms with Gasteiger partial charge in [0.25, 0.3) is 0 Å². The van der Waals surface area contributed by atoms with Gasteiger partial charge in [0, 0.05) is 6.04 Å². The summed E-state index contributed by atoms with van der Waals surface area (Å²) in [5, 5.41) is 21.0. The summed E-state index contributed by atoms with van der Waals surface area (Å²) in [5.41, 5.74) is -1.39. The van der Waals surface area contributed by atoms with Crippen LogP contribution in [0, 0.1) is 0 Å². The van der Waals surface area contributed by atoms with Gasteiger partial charge in [-0.05, 0) is 19.9 Å². The molecule has 0 amide bonds. The quantitative estimate of drug-likeness (QED) is 0.701. The Morgan fingerprint density at radius 1 is 1.40 bits per heavy atom. The molecule has 0 aromatic carbocycles. The van der Waals surface area contributed by atoms with E-state index in [4.69, 9.17) is 10.0 Å². The van der Waals surface area contributed by atoms with Gasteiger partial charge in [-0.3, -0.25) is 4.68 Å². The average Bonchev–Trinajstić information content (AvgIpc) is 2.45. The zero-order valence-electron chi connectivity index (χ0n) is 8.15. The van der Waals surface area contributed by atoms with Crippen molar-refractivity contribution in [1.29, 1.82) is 0 Å². The third kappa shape index (κ3) is 2.51. The number of rotatable bonds is 2. The maximum absolute atomic E-state index is 12.3. The fourth-order valence-corrected chi connectivity index (χ4v) is 1.15. The number of hydrogen-bond donors (Lipinski definition) is 2. The lowest BCUT2D eigenvalue weighted by molar-refractivity contribution is -0.141. The minimum Gasteiger partial charge on any atom is -0.422 e. The van der Waals surface area contributed by atoms with Crippen LogP contribution < -0.4 is 5.59 Å². The van der Waals surface area contributed by atoms with Crippen LogP contribution in [0.2, 0.25) is 0 Å². The van der Waals surface area contributed by atoms with E-state index in [-0.39, 0.29) is 11.6 Å². The smallest absolute Gasteiger partial charge is 0.422 e. The van der Waals surface area contributed by atoms with E-state index in [1.807, 2.05) is 0 Å². The number of alkyl halides is 3. The summed E-state index contributed by atoms with van der Waals surface area (Å²) in [5.74, 6) is 0. The molecule has 0 aliphatic heterocycles. The van der Waals surface area contributed by atoms with E-state index in [1.165, 1.54) is 0 Å². The summed E-state index contributed by atoms with van der Waals surface area (Å²) in [7, 11) is -1.96. The molecule has 1 aromatic heterocycles. The Hall–Kier alpha value is -1.02. The molecule has 0 fully saturated rings. The van der Waals surface area contributed by atoms with E-state index >= 15 is 0 Å². The molecule has 15 heavy (non-hydrogen) atoms. The second kappa shape index (κ2) is 3.86. The summed E-state index contributed by atoms with van der Waals surface area (Å²) < 4.78 is 37.7. The van der Waals surface area contributed by atoms with Crippen molar-refractivity contribution in [3.8, 4) is 0 Å². The first kappa shape index (κ1) is 12.1.